The average molecular weight is 298 g/mol. The molecule has 0 atom stereocenters. The molecule has 1 aromatic carbocycles. The third kappa shape index (κ3) is 2.86. The Bertz CT molecular complexity index is 669. The van der Waals surface area contributed by atoms with Crippen molar-refractivity contribution in [3.05, 3.63) is 41.7 Å². The van der Waals surface area contributed by atoms with E-state index in [1.807, 2.05) is 35.4 Å². The number of methoxy groups -OCH3 is 1. The van der Waals surface area contributed by atoms with Crippen molar-refractivity contribution in [1.82, 2.24) is 9.88 Å². The van der Waals surface area contributed by atoms with Crippen LogP contribution in [0.15, 0.2) is 30.5 Å². The van der Waals surface area contributed by atoms with Crippen LogP contribution in [0.4, 0.5) is 0 Å². The Labute approximate surface area is 131 Å². The van der Waals surface area contributed by atoms with Crippen molar-refractivity contribution in [1.29, 1.82) is 0 Å². The van der Waals surface area contributed by atoms with Gasteiger partial charge in [-0.25, -0.2) is 0 Å². The van der Waals surface area contributed by atoms with E-state index in [0.29, 0.717) is 5.69 Å². The maximum atomic E-state index is 12.5. The van der Waals surface area contributed by atoms with Crippen LogP contribution < -0.4 is 4.74 Å². The Kier molecular flexibility index (Phi) is 4.18. The number of aryl methyl sites for hydroxylation is 1. The third-order valence-electron chi connectivity index (χ3n) is 4.30. The highest BCUT2D eigenvalue weighted by molar-refractivity contribution is 5.94. The summed E-state index contributed by atoms with van der Waals surface area (Å²) in [6.45, 7) is 3.79. The van der Waals surface area contributed by atoms with Gasteiger partial charge in [0.1, 0.15) is 11.4 Å². The fraction of sp³-hybridized carbons (Fsp3) is 0.389. The summed E-state index contributed by atoms with van der Waals surface area (Å²) in [6, 6.07) is 7.94. The summed E-state index contributed by atoms with van der Waals surface area (Å²) in [5.74, 6) is 0.957. The summed E-state index contributed by atoms with van der Waals surface area (Å²) in [5, 5.41) is 0. The minimum Gasteiger partial charge on any atom is -0.497 e. The molecule has 4 heteroatoms. The van der Waals surface area contributed by atoms with Crippen molar-refractivity contribution in [2.45, 2.75) is 26.2 Å². The van der Waals surface area contributed by atoms with E-state index < -0.39 is 0 Å². The standard InChI is InChI=1S/C18H22N2O2/c1-13-10-15(22-2)6-7-16(13)14-11-17(19-12-14)18(21)20-8-4-3-5-9-20/h6-7,10-12,19H,3-5,8-9H2,1-2H3. The number of carbonyl (C=O) groups excluding carboxylic acids is 1. The number of aromatic amines is 1. The highest BCUT2D eigenvalue weighted by Gasteiger charge is 2.19. The van der Waals surface area contributed by atoms with Gasteiger partial charge in [-0.3, -0.25) is 4.79 Å². The topological polar surface area (TPSA) is 45.3 Å². The van der Waals surface area contributed by atoms with Crippen LogP contribution in [0.1, 0.15) is 35.3 Å². The van der Waals surface area contributed by atoms with E-state index in [-0.39, 0.29) is 5.91 Å². The normalized spacial score (nSPS) is 14.9. The average Bonchev–Trinajstić information content (AvgIpc) is 3.04. The predicted octanol–water partition coefficient (Wildman–Crippen LogP) is 3.62. The van der Waals surface area contributed by atoms with Gasteiger partial charge >= 0.3 is 0 Å². The number of piperidine rings is 1. The fourth-order valence-corrected chi connectivity index (χ4v) is 3.03. The van der Waals surface area contributed by atoms with Crippen molar-refractivity contribution in [2.24, 2.45) is 0 Å². The number of amides is 1. The first-order valence-electron chi connectivity index (χ1n) is 7.82. The molecule has 0 aliphatic carbocycles. The number of nitrogens with one attached hydrogen (secondary N) is 1. The van der Waals surface area contributed by atoms with Gasteiger partial charge in [0.2, 0.25) is 0 Å². The number of hydrogen-bond acceptors (Lipinski definition) is 2. The van der Waals surface area contributed by atoms with Crippen molar-refractivity contribution in [2.75, 3.05) is 20.2 Å². The highest BCUT2D eigenvalue weighted by Crippen LogP contribution is 2.28. The van der Waals surface area contributed by atoms with Gasteiger partial charge in [-0.2, -0.15) is 0 Å². The predicted molar refractivity (Wildman–Crippen MR) is 87.3 cm³/mol. The van der Waals surface area contributed by atoms with Gasteiger partial charge in [-0.15, -0.1) is 0 Å². The number of nitrogens with zero attached hydrogens (tertiary/aromatic N) is 1. The molecule has 4 nitrogen and oxygen atoms in total. The summed E-state index contributed by atoms with van der Waals surface area (Å²) < 4.78 is 5.24. The van der Waals surface area contributed by atoms with E-state index >= 15 is 0 Å². The zero-order valence-electron chi connectivity index (χ0n) is 13.2. The molecule has 1 aliphatic rings. The summed E-state index contributed by atoms with van der Waals surface area (Å²) in [4.78, 5) is 17.6. The molecular formula is C18H22N2O2. The number of aromatic nitrogens is 1. The SMILES string of the molecule is COc1ccc(-c2c[nH]c(C(=O)N3CCCCC3)c2)c(C)c1. The second-order valence-corrected chi connectivity index (χ2v) is 5.84. The molecule has 2 heterocycles. The maximum absolute atomic E-state index is 12.5. The molecule has 1 saturated heterocycles. The lowest BCUT2D eigenvalue weighted by Gasteiger charge is -2.26. The molecule has 1 fully saturated rings. The summed E-state index contributed by atoms with van der Waals surface area (Å²) in [7, 11) is 1.67. The van der Waals surface area contributed by atoms with Crippen molar-refractivity contribution in [3.8, 4) is 16.9 Å². The van der Waals surface area contributed by atoms with Crippen LogP contribution in [0.25, 0.3) is 11.1 Å². The summed E-state index contributed by atoms with van der Waals surface area (Å²) in [5.41, 5.74) is 3.97. The van der Waals surface area contributed by atoms with Crippen molar-refractivity contribution in [3.63, 3.8) is 0 Å². The Morgan fingerprint density at radius 2 is 1.95 bits per heavy atom. The first kappa shape index (κ1) is 14.7. The zero-order valence-corrected chi connectivity index (χ0v) is 13.2. The lowest BCUT2D eigenvalue weighted by Crippen LogP contribution is -2.35. The molecule has 1 aromatic heterocycles. The number of ether oxygens (including phenoxy) is 1. The molecule has 0 bridgehead atoms. The Morgan fingerprint density at radius 1 is 1.18 bits per heavy atom. The number of hydrogen-bond donors (Lipinski definition) is 1. The van der Waals surface area contributed by atoms with Gasteiger partial charge in [0, 0.05) is 24.8 Å². The minimum absolute atomic E-state index is 0.108. The fourth-order valence-electron chi connectivity index (χ4n) is 3.03. The van der Waals surface area contributed by atoms with E-state index in [9.17, 15) is 4.79 Å². The Hall–Kier alpha value is -2.23. The molecule has 22 heavy (non-hydrogen) atoms. The largest absolute Gasteiger partial charge is 0.497 e. The van der Waals surface area contributed by atoms with Gasteiger partial charge in [0.15, 0.2) is 0 Å². The molecule has 116 valence electrons. The monoisotopic (exact) mass is 298 g/mol. The number of likely N-dealkylation sites (tertiary alicyclic amines) is 1. The van der Waals surface area contributed by atoms with Crippen LogP contribution >= 0.6 is 0 Å². The first-order valence-corrected chi connectivity index (χ1v) is 7.82. The second-order valence-electron chi connectivity index (χ2n) is 5.84. The zero-order chi connectivity index (χ0) is 15.5. The van der Waals surface area contributed by atoms with Crippen LogP contribution in [0.2, 0.25) is 0 Å². The van der Waals surface area contributed by atoms with Gasteiger partial charge in [0.05, 0.1) is 7.11 Å². The first-order chi connectivity index (χ1) is 10.7. The van der Waals surface area contributed by atoms with Gasteiger partial charge in [-0.05, 0) is 55.5 Å². The van der Waals surface area contributed by atoms with Crippen molar-refractivity contribution >= 4 is 5.91 Å². The van der Waals surface area contributed by atoms with Crippen LogP contribution in [-0.2, 0) is 0 Å². The van der Waals surface area contributed by atoms with E-state index in [1.54, 1.807) is 7.11 Å². The minimum atomic E-state index is 0.108. The molecule has 1 amide bonds. The van der Waals surface area contributed by atoms with Crippen LogP contribution in [0.5, 0.6) is 5.75 Å². The molecular weight excluding hydrogens is 276 g/mol. The smallest absolute Gasteiger partial charge is 0.270 e. The lowest BCUT2D eigenvalue weighted by molar-refractivity contribution is 0.0719. The molecule has 0 unspecified atom stereocenters. The van der Waals surface area contributed by atoms with Gasteiger partial charge in [0.25, 0.3) is 5.91 Å². The maximum Gasteiger partial charge on any atom is 0.270 e. The van der Waals surface area contributed by atoms with Crippen LogP contribution in [0, 0.1) is 6.92 Å². The molecule has 0 saturated carbocycles. The molecule has 3 rings (SSSR count). The highest BCUT2D eigenvalue weighted by atomic mass is 16.5. The van der Waals surface area contributed by atoms with Gasteiger partial charge in [-0.1, -0.05) is 6.07 Å². The van der Waals surface area contributed by atoms with E-state index in [1.165, 1.54) is 6.42 Å². The third-order valence-corrected chi connectivity index (χ3v) is 4.30. The molecule has 1 N–H and O–H groups in total. The lowest BCUT2D eigenvalue weighted by atomic mass is 10.0. The number of benzene rings is 1. The number of carbonyl (C=O) groups is 1. The van der Waals surface area contributed by atoms with Gasteiger partial charge < -0.3 is 14.6 Å². The Morgan fingerprint density at radius 3 is 2.64 bits per heavy atom. The van der Waals surface area contributed by atoms with E-state index in [2.05, 4.69) is 11.9 Å². The molecule has 0 radical (unpaired) electrons. The molecule has 2 aromatic rings. The number of H-pyrrole nitrogens is 1. The Balaban J connectivity index is 1.82. The molecule has 0 spiro atoms. The second kappa shape index (κ2) is 6.26. The molecule has 1 aliphatic heterocycles. The van der Waals surface area contributed by atoms with Crippen LogP contribution in [-0.4, -0.2) is 36.0 Å². The van der Waals surface area contributed by atoms with E-state index in [4.69, 9.17) is 4.74 Å². The number of rotatable bonds is 3. The van der Waals surface area contributed by atoms with E-state index in [0.717, 1.165) is 48.4 Å². The summed E-state index contributed by atoms with van der Waals surface area (Å²) in [6.07, 6.45) is 5.35. The quantitative estimate of drug-likeness (QED) is 0.940. The van der Waals surface area contributed by atoms with Crippen molar-refractivity contribution < 1.29 is 9.53 Å². The summed E-state index contributed by atoms with van der Waals surface area (Å²) >= 11 is 0. The van der Waals surface area contributed by atoms with Crippen LogP contribution in [0.3, 0.4) is 0 Å².